The first-order chi connectivity index (χ1) is 9.94. The molecule has 0 aromatic heterocycles. The second-order valence-corrected chi connectivity index (χ2v) is 5.58. The Balaban J connectivity index is 2.88. The van der Waals surface area contributed by atoms with Gasteiger partial charge in [0.15, 0.2) is 0 Å². The van der Waals surface area contributed by atoms with E-state index in [-0.39, 0.29) is 5.92 Å². The van der Waals surface area contributed by atoms with Crippen molar-refractivity contribution in [3.05, 3.63) is 0 Å². The van der Waals surface area contributed by atoms with E-state index < -0.39 is 36.5 Å². The first kappa shape index (κ1) is 18.9. The van der Waals surface area contributed by atoms with Gasteiger partial charge in [0.1, 0.15) is 6.10 Å². The summed E-state index contributed by atoms with van der Waals surface area (Å²) in [5.74, 6) is -0.0905. The molecule has 0 radical (unpaired) electrons. The fourth-order valence-electron chi connectivity index (χ4n) is 2.59. The molecule has 1 fully saturated rings. The van der Waals surface area contributed by atoms with Gasteiger partial charge in [0.2, 0.25) is 5.54 Å². The normalized spacial score (nSPS) is 24.0. The average Bonchev–Trinajstić information content (AvgIpc) is 2.35. The van der Waals surface area contributed by atoms with Gasteiger partial charge in [-0.3, -0.25) is 5.32 Å². The van der Waals surface area contributed by atoms with Gasteiger partial charge in [-0.2, -0.15) is 26.3 Å². The van der Waals surface area contributed by atoms with Crippen molar-refractivity contribution in [2.75, 3.05) is 0 Å². The number of amides is 1. The third kappa shape index (κ3) is 3.78. The Labute approximate surface area is 124 Å². The molecular weight excluding hydrogens is 316 g/mol. The molecular formula is C13H19F6NO2. The lowest BCUT2D eigenvalue weighted by Crippen LogP contribution is -2.67. The van der Waals surface area contributed by atoms with E-state index >= 15 is 0 Å². The highest BCUT2D eigenvalue weighted by atomic mass is 19.4. The van der Waals surface area contributed by atoms with Gasteiger partial charge >= 0.3 is 18.4 Å². The Morgan fingerprint density at radius 2 is 1.59 bits per heavy atom. The Bertz CT molecular complexity index is 379. The van der Waals surface area contributed by atoms with E-state index in [4.69, 9.17) is 4.74 Å². The molecule has 1 aliphatic carbocycles. The third-order valence-corrected chi connectivity index (χ3v) is 4.10. The smallest absolute Gasteiger partial charge is 0.420 e. The summed E-state index contributed by atoms with van der Waals surface area (Å²) in [5, 5.41) is 1.02. The molecule has 2 atom stereocenters. The molecule has 22 heavy (non-hydrogen) atoms. The molecule has 0 aromatic carbocycles. The van der Waals surface area contributed by atoms with Crippen molar-refractivity contribution in [2.45, 2.75) is 69.9 Å². The highest BCUT2D eigenvalue weighted by molar-refractivity contribution is 5.69. The molecule has 0 aromatic rings. The highest BCUT2D eigenvalue weighted by Crippen LogP contribution is 2.45. The predicted molar refractivity (Wildman–Crippen MR) is 66.2 cm³/mol. The lowest BCUT2D eigenvalue weighted by molar-refractivity contribution is -0.305. The first-order valence-electron chi connectivity index (χ1n) is 7.07. The molecule has 130 valence electrons. The molecule has 9 heteroatoms. The number of alkyl carbamates (subject to hydrolysis) is 1. The number of rotatable bonds is 3. The van der Waals surface area contributed by atoms with Crippen molar-refractivity contribution >= 4 is 6.09 Å². The van der Waals surface area contributed by atoms with Gasteiger partial charge in [-0.1, -0.05) is 20.3 Å². The monoisotopic (exact) mass is 335 g/mol. The molecule has 0 bridgehead atoms. The molecule has 1 saturated carbocycles. The standard InChI is InChI=1S/C13H19F6NO2/c1-3-11(12(14,15)16,13(17,18)19)20-10(21)22-9-7-5-4-6-8(9)2/h8-9H,3-7H2,1-2H3,(H,20,21)/t8-,9+/m1/s1. The third-order valence-electron chi connectivity index (χ3n) is 4.10. The zero-order valence-corrected chi connectivity index (χ0v) is 12.3. The van der Waals surface area contributed by atoms with Crippen molar-refractivity contribution < 1.29 is 35.9 Å². The maximum absolute atomic E-state index is 12.9. The van der Waals surface area contributed by atoms with Crippen LogP contribution in [0.15, 0.2) is 0 Å². The lowest BCUT2D eigenvalue weighted by Gasteiger charge is -2.37. The number of carbonyl (C=O) groups is 1. The second kappa shape index (κ2) is 6.54. The van der Waals surface area contributed by atoms with Gasteiger partial charge in [0.25, 0.3) is 0 Å². The average molecular weight is 335 g/mol. The minimum Gasteiger partial charge on any atom is -0.446 e. The quantitative estimate of drug-likeness (QED) is 0.768. The Morgan fingerprint density at radius 1 is 1.09 bits per heavy atom. The van der Waals surface area contributed by atoms with Crippen LogP contribution in [-0.4, -0.2) is 30.1 Å². The zero-order chi connectivity index (χ0) is 17.2. The van der Waals surface area contributed by atoms with Crippen LogP contribution in [0.1, 0.15) is 46.0 Å². The fourth-order valence-corrected chi connectivity index (χ4v) is 2.59. The van der Waals surface area contributed by atoms with Crippen LogP contribution in [-0.2, 0) is 4.74 Å². The van der Waals surface area contributed by atoms with Crippen LogP contribution in [0, 0.1) is 5.92 Å². The molecule has 0 unspecified atom stereocenters. The van der Waals surface area contributed by atoms with E-state index in [0.717, 1.165) is 24.6 Å². The summed E-state index contributed by atoms with van der Waals surface area (Å²) < 4.78 is 82.2. The van der Waals surface area contributed by atoms with Gasteiger partial charge in [0, 0.05) is 0 Å². The summed E-state index contributed by atoms with van der Waals surface area (Å²) in [5.41, 5.74) is -4.30. The van der Waals surface area contributed by atoms with E-state index in [0.29, 0.717) is 13.3 Å². The molecule has 1 N–H and O–H groups in total. The Morgan fingerprint density at radius 3 is 2.00 bits per heavy atom. The van der Waals surface area contributed by atoms with Crippen LogP contribution in [0.25, 0.3) is 0 Å². The van der Waals surface area contributed by atoms with Crippen molar-refractivity contribution in [1.29, 1.82) is 0 Å². The van der Waals surface area contributed by atoms with Gasteiger partial charge in [-0.05, 0) is 31.6 Å². The SMILES string of the molecule is CCC(NC(=O)O[C@H]1CCCC[C@H]1C)(C(F)(F)F)C(F)(F)F. The van der Waals surface area contributed by atoms with Crippen molar-refractivity contribution in [3.8, 4) is 0 Å². The molecule has 0 spiro atoms. The number of halogens is 6. The van der Waals surface area contributed by atoms with Crippen LogP contribution in [0.2, 0.25) is 0 Å². The first-order valence-corrected chi connectivity index (χ1v) is 7.07. The summed E-state index contributed by atoms with van der Waals surface area (Å²) in [6, 6.07) is 0. The van der Waals surface area contributed by atoms with E-state index in [1.807, 2.05) is 0 Å². The summed E-state index contributed by atoms with van der Waals surface area (Å²) in [6.07, 6.45) is -12.3. The summed E-state index contributed by atoms with van der Waals surface area (Å²) in [7, 11) is 0. The lowest BCUT2D eigenvalue weighted by atomic mass is 9.88. The van der Waals surface area contributed by atoms with Crippen molar-refractivity contribution in [2.24, 2.45) is 5.92 Å². The predicted octanol–water partition coefficient (Wildman–Crippen LogP) is 4.56. The fraction of sp³-hybridized carbons (Fsp3) is 0.923. The Kier molecular flexibility index (Phi) is 5.61. The number of carbonyl (C=O) groups excluding carboxylic acids is 1. The molecule has 1 aliphatic rings. The van der Waals surface area contributed by atoms with Crippen LogP contribution in [0.3, 0.4) is 0 Å². The van der Waals surface area contributed by atoms with Crippen LogP contribution < -0.4 is 5.32 Å². The molecule has 0 heterocycles. The minimum absolute atomic E-state index is 0.0905. The van der Waals surface area contributed by atoms with Gasteiger partial charge in [-0.15, -0.1) is 0 Å². The zero-order valence-electron chi connectivity index (χ0n) is 12.3. The maximum Gasteiger partial charge on any atom is 0.420 e. The second-order valence-electron chi connectivity index (χ2n) is 5.58. The molecule has 0 saturated heterocycles. The molecule has 0 aliphatic heterocycles. The molecule has 3 nitrogen and oxygen atoms in total. The topological polar surface area (TPSA) is 38.3 Å². The van der Waals surface area contributed by atoms with E-state index in [9.17, 15) is 31.1 Å². The highest BCUT2D eigenvalue weighted by Gasteiger charge is 2.71. The van der Waals surface area contributed by atoms with Crippen molar-refractivity contribution in [1.82, 2.24) is 5.32 Å². The number of nitrogens with one attached hydrogen (secondary N) is 1. The Hall–Kier alpha value is -1.15. The maximum atomic E-state index is 12.9. The van der Waals surface area contributed by atoms with E-state index in [2.05, 4.69) is 0 Å². The van der Waals surface area contributed by atoms with Gasteiger partial charge < -0.3 is 4.74 Å². The number of hydrogen-bond acceptors (Lipinski definition) is 2. The van der Waals surface area contributed by atoms with E-state index in [1.165, 1.54) is 0 Å². The number of hydrogen-bond donors (Lipinski definition) is 1. The number of ether oxygens (including phenoxy) is 1. The number of alkyl halides is 6. The molecule has 1 amide bonds. The van der Waals surface area contributed by atoms with E-state index in [1.54, 1.807) is 6.92 Å². The summed E-state index contributed by atoms with van der Waals surface area (Å²) in [4.78, 5) is 11.6. The van der Waals surface area contributed by atoms with Crippen molar-refractivity contribution in [3.63, 3.8) is 0 Å². The van der Waals surface area contributed by atoms with Crippen LogP contribution in [0.5, 0.6) is 0 Å². The largest absolute Gasteiger partial charge is 0.446 e. The van der Waals surface area contributed by atoms with Gasteiger partial charge in [0.05, 0.1) is 0 Å². The van der Waals surface area contributed by atoms with Gasteiger partial charge in [-0.25, -0.2) is 4.79 Å². The summed E-state index contributed by atoms with van der Waals surface area (Å²) >= 11 is 0. The molecule has 1 rings (SSSR count). The minimum atomic E-state index is -5.67. The summed E-state index contributed by atoms with van der Waals surface area (Å²) in [6.45, 7) is 2.46. The van der Waals surface area contributed by atoms with Crippen LogP contribution in [0.4, 0.5) is 31.1 Å². The van der Waals surface area contributed by atoms with Crippen LogP contribution >= 0.6 is 0 Å².